The van der Waals surface area contributed by atoms with E-state index in [4.69, 9.17) is 34.8 Å². The molecule has 33 heavy (non-hydrogen) atoms. The molecular formula is C21H16Cl3N3O5S. The minimum Gasteiger partial charge on any atom is -0.320 e. The zero-order chi connectivity index (χ0) is 24.3. The summed E-state index contributed by atoms with van der Waals surface area (Å²) in [5.74, 6) is -0.580. The molecule has 1 amide bonds. The van der Waals surface area contributed by atoms with Crippen molar-refractivity contribution in [3.63, 3.8) is 0 Å². The fourth-order valence-electron chi connectivity index (χ4n) is 2.92. The molecule has 3 aromatic rings. The lowest BCUT2D eigenvalue weighted by Crippen LogP contribution is -2.29. The Morgan fingerprint density at radius 1 is 1.00 bits per heavy atom. The van der Waals surface area contributed by atoms with E-state index in [1.165, 1.54) is 36.4 Å². The summed E-state index contributed by atoms with van der Waals surface area (Å²) in [6.07, 6.45) is 1.04. The van der Waals surface area contributed by atoms with E-state index in [2.05, 4.69) is 5.32 Å². The number of rotatable bonds is 7. The van der Waals surface area contributed by atoms with E-state index < -0.39 is 20.9 Å². The molecule has 0 atom stereocenters. The Labute approximate surface area is 204 Å². The highest BCUT2D eigenvalue weighted by molar-refractivity contribution is 7.92. The van der Waals surface area contributed by atoms with Gasteiger partial charge in [-0.1, -0.05) is 40.9 Å². The molecule has 0 aliphatic heterocycles. The van der Waals surface area contributed by atoms with Gasteiger partial charge in [-0.05, 0) is 42.5 Å². The SMILES string of the molecule is CS(=O)(=O)N(Cc1c(Cl)cccc1Cl)c1ccc(C(=O)Nc2cc([N+](=O)[O-])ccc2Cl)cc1. The number of hydrogen-bond donors (Lipinski definition) is 1. The average Bonchev–Trinajstić information content (AvgIpc) is 2.74. The highest BCUT2D eigenvalue weighted by Gasteiger charge is 2.21. The van der Waals surface area contributed by atoms with Crippen LogP contribution in [-0.2, 0) is 16.6 Å². The number of amides is 1. The third-order valence-electron chi connectivity index (χ3n) is 4.59. The van der Waals surface area contributed by atoms with Gasteiger partial charge in [-0.15, -0.1) is 0 Å². The molecule has 8 nitrogen and oxygen atoms in total. The first-order valence-corrected chi connectivity index (χ1v) is 12.2. The lowest BCUT2D eigenvalue weighted by atomic mass is 10.1. The van der Waals surface area contributed by atoms with Crippen molar-refractivity contribution in [1.82, 2.24) is 0 Å². The van der Waals surface area contributed by atoms with Crippen molar-refractivity contribution in [2.45, 2.75) is 6.54 Å². The van der Waals surface area contributed by atoms with Crippen molar-refractivity contribution < 1.29 is 18.1 Å². The molecule has 0 aromatic heterocycles. The second kappa shape index (κ2) is 9.96. The third-order valence-corrected chi connectivity index (χ3v) is 6.77. The maximum absolute atomic E-state index is 12.6. The molecule has 0 aliphatic rings. The first-order chi connectivity index (χ1) is 15.5. The minimum absolute atomic E-state index is 0.0751. The molecule has 172 valence electrons. The first-order valence-electron chi connectivity index (χ1n) is 9.23. The van der Waals surface area contributed by atoms with Gasteiger partial charge < -0.3 is 5.32 Å². The van der Waals surface area contributed by atoms with Crippen LogP contribution in [0.25, 0.3) is 0 Å². The minimum atomic E-state index is -3.72. The molecule has 3 aromatic carbocycles. The number of nitrogens with zero attached hydrogens (tertiary/aromatic N) is 2. The number of nitro benzene ring substituents is 1. The van der Waals surface area contributed by atoms with Crippen LogP contribution in [-0.4, -0.2) is 25.5 Å². The summed E-state index contributed by atoms with van der Waals surface area (Å²) < 4.78 is 26.0. The molecule has 0 bridgehead atoms. The smallest absolute Gasteiger partial charge is 0.271 e. The highest BCUT2D eigenvalue weighted by Crippen LogP contribution is 2.30. The van der Waals surface area contributed by atoms with E-state index in [0.717, 1.165) is 16.6 Å². The first kappa shape index (κ1) is 24.8. The molecule has 3 rings (SSSR count). The van der Waals surface area contributed by atoms with Crippen LogP contribution in [0.3, 0.4) is 0 Å². The summed E-state index contributed by atoms with van der Waals surface area (Å²) in [7, 11) is -3.72. The largest absolute Gasteiger partial charge is 0.320 e. The topological polar surface area (TPSA) is 110 Å². The molecule has 0 saturated carbocycles. The number of carbonyl (C=O) groups excluding carboxylic acids is 1. The Morgan fingerprint density at radius 2 is 1.61 bits per heavy atom. The fraction of sp³-hybridized carbons (Fsp3) is 0.0952. The lowest BCUT2D eigenvalue weighted by molar-refractivity contribution is -0.384. The molecule has 12 heteroatoms. The van der Waals surface area contributed by atoms with Gasteiger partial charge in [0.25, 0.3) is 11.6 Å². The summed E-state index contributed by atoms with van der Waals surface area (Å²) >= 11 is 18.4. The van der Waals surface area contributed by atoms with Gasteiger partial charge in [-0.2, -0.15) is 0 Å². The van der Waals surface area contributed by atoms with Crippen molar-refractivity contribution in [1.29, 1.82) is 0 Å². The standard InChI is InChI=1S/C21H16Cl3N3O5S/c1-33(31,32)26(12-16-17(22)3-2-4-18(16)23)14-7-5-13(6-8-14)21(28)25-20-11-15(27(29)30)9-10-19(20)24/h2-11H,12H2,1H3,(H,25,28). The monoisotopic (exact) mass is 527 g/mol. The third kappa shape index (κ3) is 5.94. The number of sulfonamides is 1. The molecular weight excluding hydrogens is 513 g/mol. The number of hydrogen-bond acceptors (Lipinski definition) is 5. The molecule has 0 heterocycles. The fourth-order valence-corrected chi connectivity index (χ4v) is 4.47. The highest BCUT2D eigenvalue weighted by atomic mass is 35.5. The zero-order valence-corrected chi connectivity index (χ0v) is 20.0. The lowest BCUT2D eigenvalue weighted by Gasteiger charge is -2.23. The molecule has 0 fully saturated rings. The Bertz CT molecular complexity index is 1310. The normalized spacial score (nSPS) is 11.2. The molecule has 0 unspecified atom stereocenters. The van der Waals surface area contributed by atoms with Gasteiger partial charge in [-0.25, -0.2) is 8.42 Å². The summed E-state index contributed by atoms with van der Waals surface area (Å²) in [4.78, 5) is 22.9. The van der Waals surface area contributed by atoms with Crippen molar-refractivity contribution in [2.75, 3.05) is 15.9 Å². The van der Waals surface area contributed by atoms with Crippen LogP contribution in [0.1, 0.15) is 15.9 Å². The Balaban J connectivity index is 1.86. The number of nitro groups is 1. The summed E-state index contributed by atoms with van der Waals surface area (Å²) in [6.45, 7) is -0.105. The van der Waals surface area contributed by atoms with Gasteiger partial charge in [0.15, 0.2) is 0 Å². The van der Waals surface area contributed by atoms with Gasteiger partial charge in [0.05, 0.1) is 34.1 Å². The number of benzene rings is 3. The van der Waals surface area contributed by atoms with Crippen molar-refractivity contribution in [3.8, 4) is 0 Å². The second-order valence-corrected chi connectivity index (χ2v) is 10.0. The van der Waals surface area contributed by atoms with Crippen LogP contribution < -0.4 is 9.62 Å². The van der Waals surface area contributed by atoms with Crippen LogP contribution in [0, 0.1) is 10.1 Å². The van der Waals surface area contributed by atoms with E-state index in [0.29, 0.717) is 21.3 Å². The number of nitrogens with one attached hydrogen (secondary N) is 1. The summed E-state index contributed by atoms with van der Waals surface area (Å²) in [5, 5.41) is 14.2. The average molecular weight is 529 g/mol. The van der Waals surface area contributed by atoms with Crippen LogP contribution >= 0.6 is 34.8 Å². The number of anilines is 2. The molecule has 0 aliphatic carbocycles. The summed E-state index contributed by atoms with van der Waals surface area (Å²) in [6, 6.07) is 14.3. The van der Waals surface area contributed by atoms with Crippen LogP contribution in [0.4, 0.5) is 17.1 Å². The zero-order valence-electron chi connectivity index (χ0n) is 17.0. The quantitative estimate of drug-likeness (QED) is 0.309. The Hall–Kier alpha value is -2.85. The van der Waals surface area contributed by atoms with Crippen molar-refractivity contribution in [3.05, 3.63) is 97.0 Å². The van der Waals surface area contributed by atoms with Gasteiger partial charge >= 0.3 is 0 Å². The predicted molar refractivity (Wildman–Crippen MR) is 130 cm³/mol. The van der Waals surface area contributed by atoms with E-state index in [1.54, 1.807) is 18.2 Å². The van der Waals surface area contributed by atoms with Crippen molar-refractivity contribution >= 4 is 67.8 Å². The van der Waals surface area contributed by atoms with Crippen molar-refractivity contribution in [2.24, 2.45) is 0 Å². The van der Waals surface area contributed by atoms with E-state index >= 15 is 0 Å². The van der Waals surface area contributed by atoms with Gasteiger partial charge in [0, 0.05) is 33.3 Å². The Morgan fingerprint density at radius 3 is 2.15 bits per heavy atom. The number of halogens is 3. The Kier molecular flexibility index (Phi) is 7.48. The molecule has 0 radical (unpaired) electrons. The van der Waals surface area contributed by atoms with E-state index in [1.807, 2.05) is 0 Å². The second-order valence-electron chi connectivity index (χ2n) is 6.89. The maximum atomic E-state index is 12.6. The molecule has 1 N–H and O–H groups in total. The van der Waals surface area contributed by atoms with Crippen LogP contribution in [0.2, 0.25) is 15.1 Å². The maximum Gasteiger partial charge on any atom is 0.271 e. The molecule has 0 saturated heterocycles. The van der Waals surface area contributed by atoms with E-state index in [-0.39, 0.29) is 28.5 Å². The summed E-state index contributed by atoms with van der Waals surface area (Å²) in [5.41, 5.74) is 0.760. The predicted octanol–water partition coefficient (Wildman–Crippen LogP) is 5.77. The van der Waals surface area contributed by atoms with Gasteiger partial charge in [0.1, 0.15) is 0 Å². The number of non-ortho nitro benzene ring substituents is 1. The number of carbonyl (C=O) groups is 1. The molecule has 0 spiro atoms. The van der Waals surface area contributed by atoms with Gasteiger partial charge in [0.2, 0.25) is 10.0 Å². The van der Waals surface area contributed by atoms with Gasteiger partial charge in [-0.3, -0.25) is 19.2 Å². The van der Waals surface area contributed by atoms with Crippen LogP contribution in [0.5, 0.6) is 0 Å². The van der Waals surface area contributed by atoms with Crippen LogP contribution in [0.15, 0.2) is 60.7 Å². The van der Waals surface area contributed by atoms with E-state index in [9.17, 15) is 23.3 Å².